The van der Waals surface area contributed by atoms with Gasteiger partial charge in [0.1, 0.15) is 11.6 Å². The SMILES string of the molecule is CCCC(NC(=O)c1ccc(F)cc1O)/C(N)=N/O. The van der Waals surface area contributed by atoms with Crippen LogP contribution in [0.5, 0.6) is 5.75 Å². The number of amides is 1. The zero-order chi connectivity index (χ0) is 14.4. The Bertz CT molecular complexity index is 491. The summed E-state index contributed by atoms with van der Waals surface area (Å²) in [6, 6.07) is 2.42. The van der Waals surface area contributed by atoms with E-state index < -0.39 is 23.5 Å². The van der Waals surface area contributed by atoms with E-state index in [1.807, 2.05) is 6.92 Å². The highest BCUT2D eigenvalue weighted by Gasteiger charge is 2.19. The van der Waals surface area contributed by atoms with E-state index in [0.29, 0.717) is 12.8 Å². The minimum atomic E-state index is -0.646. The van der Waals surface area contributed by atoms with E-state index in [1.165, 1.54) is 0 Å². The predicted molar refractivity (Wildman–Crippen MR) is 67.6 cm³/mol. The van der Waals surface area contributed by atoms with Gasteiger partial charge in [-0.15, -0.1) is 0 Å². The second-order valence-electron chi connectivity index (χ2n) is 4.00. The number of carbonyl (C=O) groups excluding carboxylic acids is 1. The van der Waals surface area contributed by atoms with E-state index in [2.05, 4.69) is 10.5 Å². The van der Waals surface area contributed by atoms with Gasteiger partial charge in [-0.1, -0.05) is 18.5 Å². The number of oxime groups is 1. The van der Waals surface area contributed by atoms with Crippen molar-refractivity contribution in [3.05, 3.63) is 29.6 Å². The molecular formula is C12H16FN3O3. The molecule has 1 aromatic rings. The number of phenols is 1. The summed E-state index contributed by atoms with van der Waals surface area (Å²) in [5.74, 6) is -1.86. The highest BCUT2D eigenvalue weighted by molar-refractivity contribution is 6.00. The number of hydrogen-bond donors (Lipinski definition) is 4. The first-order valence-corrected chi connectivity index (χ1v) is 5.76. The van der Waals surface area contributed by atoms with Gasteiger partial charge < -0.3 is 21.4 Å². The van der Waals surface area contributed by atoms with Gasteiger partial charge in [0, 0.05) is 6.07 Å². The summed E-state index contributed by atoms with van der Waals surface area (Å²) in [6.45, 7) is 1.87. The average molecular weight is 269 g/mol. The van der Waals surface area contributed by atoms with E-state index in [4.69, 9.17) is 10.9 Å². The number of benzene rings is 1. The van der Waals surface area contributed by atoms with Crippen LogP contribution < -0.4 is 11.1 Å². The van der Waals surface area contributed by atoms with Gasteiger partial charge in [-0.05, 0) is 18.6 Å². The normalized spacial score (nSPS) is 13.1. The number of hydrogen-bond acceptors (Lipinski definition) is 4. The third-order valence-corrected chi connectivity index (χ3v) is 2.56. The monoisotopic (exact) mass is 269 g/mol. The molecule has 0 aliphatic rings. The van der Waals surface area contributed by atoms with Gasteiger partial charge >= 0.3 is 0 Å². The molecule has 0 bridgehead atoms. The minimum Gasteiger partial charge on any atom is -0.507 e. The van der Waals surface area contributed by atoms with Crippen LogP contribution in [0.15, 0.2) is 23.4 Å². The molecule has 6 nitrogen and oxygen atoms in total. The Balaban J connectivity index is 2.87. The van der Waals surface area contributed by atoms with Crippen LogP contribution in [0.2, 0.25) is 0 Å². The molecule has 1 aromatic carbocycles. The van der Waals surface area contributed by atoms with Crippen LogP contribution in [-0.4, -0.2) is 28.1 Å². The molecule has 1 unspecified atom stereocenters. The van der Waals surface area contributed by atoms with Crippen molar-refractivity contribution < 1.29 is 19.5 Å². The molecule has 19 heavy (non-hydrogen) atoms. The summed E-state index contributed by atoms with van der Waals surface area (Å²) < 4.78 is 12.8. The summed E-state index contributed by atoms with van der Waals surface area (Å²) in [7, 11) is 0. The predicted octanol–water partition coefficient (Wildman–Crippen LogP) is 1.18. The van der Waals surface area contributed by atoms with E-state index >= 15 is 0 Å². The standard InChI is InChI=1S/C12H16FN3O3/c1-2-3-9(11(14)16-19)15-12(18)8-5-4-7(13)6-10(8)17/h4-6,9,17,19H,2-3H2,1H3,(H2,14,16)(H,15,18). The Kier molecular flexibility index (Phi) is 5.11. The van der Waals surface area contributed by atoms with Crippen LogP contribution in [0.25, 0.3) is 0 Å². The lowest BCUT2D eigenvalue weighted by atomic mass is 10.1. The fraction of sp³-hybridized carbons (Fsp3) is 0.333. The van der Waals surface area contributed by atoms with Crippen LogP contribution in [0, 0.1) is 5.82 Å². The van der Waals surface area contributed by atoms with Crippen molar-refractivity contribution in [1.82, 2.24) is 5.32 Å². The summed E-state index contributed by atoms with van der Waals surface area (Å²) in [5, 5.41) is 23.5. The minimum absolute atomic E-state index is 0.0757. The Labute approximate surface area is 109 Å². The number of halogens is 1. The lowest BCUT2D eigenvalue weighted by Gasteiger charge is -2.16. The summed E-state index contributed by atoms with van der Waals surface area (Å²) in [6.07, 6.45) is 1.18. The van der Waals surface area contributed by atoms with Crippen LogP contribution in [-0.2, 0) is 0 Å². The smallest absolute Gasteiger partial charge is 0.255 e. The van der Waals surface area contributed by atoms with E-state index in [0.717, 1.165) is 18.2 Å². The molecule has 0 spiro atoms. The largest absolute Gasteiger partial charge is 0.507 e. The Morgan fingerprint density at radius 3 is 2.79 bits per heavy atom. The molecule has 0 saturated carbocycles. The summed E-state index contributed by atoms with van der Waals surface area (Å²) in [5.41, 5.74) is 5.38. The van der Waals surface area contributed by atoms with Gasteiger partial charge in [0.2, 0.25) is 0 Å². The fourth-order valence-electron chi connectivity index (χ4n) is 1.59. The molecule has 7 heteroatoms. The molecule has 0 aromatic heterocycles. The van der Waals surface area contributed by atoms with Gasteiger partial charge in [0.25, 0.3) is 5.91 Å². The van der Waals surface area contributed by atoms with E-state index in [1.54, 1.807) is 0 Å². The highest BCUT2D eigenvalue weighted by Crippen LogP contribution is 2.18. The number of rotatable bonds is 5. The highest BCUT2D eigenvalue weighted by atomic mass is 19.1. The Morgan fingerprint density at radius 2 is 2.26 bits per heavy atom. The molecule has 0 radical (unpaired) electrons. The molecule has 1 atom stereocenters. The first kappa shape index (κ1) is 14.7. The number of amidine groups is 1. The lowest BCUT2D eigenvalue weighted by molar-refractivity contribution is 0.0942. The Hall–Kier alpha value is -2.31. The maximum absolute atomic E-state index is 12.8. The van der Waals surface area contributed by atoms with Crippen LogP contribution in [0.4, 0.5) is 4.39 Å². The molecule has 0 fully saturated rings. The topological polar surface area (TPSA) is 108 Å². The fourth-order valence-corrected chi connectivity index (χ4v) is 1.59. The zero-order valence-corrected chi connectivity index (χ0v) is 10.4. The molecule has 1 amide bonds. The van der Waals surface area contributed by atoms with Gasteiger partial charge in [-0.25, -0.2) is 4.39 Å². The van der Waals surface area contributed by atoms with Crippen molar-refractivity contribution in [3.8, 4) is 5.75 Å². The summed E-state index contributed by atoms with van der Waals surface area (Å²) in [4.78, 5) is 11.9. The van der Waals surface area contributed by atoms with Gasteiger partial charge in [0.05, 0.1) is 11.6 Å². The number of aromatic hydroxyl groups is 1. The van der Waals surface area contributed by atoms with Crippen LogP contribution in [0.3, 0.4) is 0 Å². The number of nitrogens with two attached hydrogens (primary N) is 1. The van der Waals surface area contributed by atoms with Crippen molar-refractivity contribution in [1.29, 1.82) is 0 Å². The molecule has 1 rings (SSSR count). The molecule has 0 aliphatic heterocycles. The molecular weight excluding hydrogens is 253 g/mol. The van der Waals surface area contributed by atoms with Crippen LogP contribution >= 0.6 is 0 Å². The number of nitrogens with one attached hydrogen (secondary N) is 1. The third-order valence-electron chi connectivity index (χ3n) is 2.56. The lowest BCUT2D eigenvalue weighted by Crippen LogP contribution is -2.44. The summed E-state index contributed by atoms with van der Waals surface area (Å²) >= 11 is 0. The van der Waals surface area contributed by atoms with Gasteiger partial charge in [-0.2, -0.15) is 0 Å². The van der Waals surface area contributed by atoms with Crippen LogP contribution in [0.1, 0.15) is 30.1 Å². The molecule has 0 heterocycles. The number of carbonyl (C=O) groups is 1. The molecule has 104 valence electrons. The first-order chi connectivity index (χ1) is 8.99. The van der Waals surface area contributed by atoms with Gasteiger partial charge in [-0.3, -0.25) is 4.79 Å². The third kappa shape index (κ3) is 3.84. The molecule has 0 aliphatic carbocycles. The second-order valence-corrected chi connectivity index (χ2v) is 4.00. The molecule has 5 N–H and O–H groups in total. The second kappa shape index (κ2) is 6.58. The van der Waals surface area contributed by atoms with E-state index in [-0.39, 0.29) is 11.4 Å². The number of nitrogens with zero attached hydrogens (tertiary/aromatic N) is 1. The number of phenolic OH excluding ortho intramolecular Hbond substituents is 1. The maximum Gasteiger partial charge on any atom is 0.255 e. The average Bonchev–Trinajstić information content (AvgIpc) is 2.37. The van der Waals surface area contributed by atoms with E-state index in [9.17, 15) is 14.3 Å². The zero-order valence-electron chi connectivity index (χ0n) is 10.4. The maximum atomic E-state index is 12.8. The van der Waals surface area contributed by atoms with Crippen molar-refractivity contribution >= 4 is 11.7 Å². The molecule has 0 saturated heterocycles. The van der Waals surface area contributed by atoms with Crippen molar-refractivity contribution in [2.45, 2.75) is 25.8 Å². The van der Waals surface area contributed by atoms with Gasteiger partial charge in [0.15, 0.2) is 5.84 Å². The quantitative estimate of drug-likeness (QED) is 0.278. The van der Waals surface area contributed by atoms with Crippen molar-refractivity contribution in [3.63, 3.8) is 0 Å². The van der Waals surface area contributed by atoms with Crippen molar-refractivity contribution in [2.24, 2.45) is 10.9 Å². The first-order valence-electron chi connectivity index (χ1n) is 5.76. The van der Waals surface area contributed by atoms with Crippen molar-refractivity contribution in [2.75, 3.05) is 0 Å². The Morgan fingerprint density at radius 1 is 1.58 bits per heavy atom.